The molecule has 4 nitrogen and oxygen atoms in total. The molecule has 0 radical (unpaired) electrons. The number of esters is 1. The number of hydrogen-bond acceptors (Lipinski definition) is 4. The zero-order chi connectivity index (χ0) is 16.7. The molecule has 0 aliphatic heterocycles. The summed E-state index contributed by atoms with van der Waals surface area (Å²) >= 11 is 0. The second kappa shape index (κ2) is 14.5. The Morgan fingerprint density at radius 1 is 0.913 bits per heavy atom. The maximum absolute atomic E-state index is 12.0. The Morgan fingerprint density at radius 2 is 1.39 bits per heavy atom. The SMILES string of the molecule is C=CCOC(=O)C(CC=C)(CC=C)CC=C.N.c1ccncc1. The average Bonchev–Trinajstić information content (AvgIpc) is 2.55. The highest BCUT2D eigenvalue weighted by Crippen LogP contribution is 2.34. The largest absolute Gasteiger partial charge is 0.461 e. The summed E-state index contributed by atoms with van der Waals surface area (Å²) in [6.45, 7) is 14.8. The minimum atomic E-state index is -0.603. The second-order valence-electron chi connectivity index (χ2n) is 4.67. The average molecular weight is 316 g/mol. The number of carbonyl (C=O) groups excluding carboxylic acids is 1. The fraction of sp³-hybridized carbons (Fsp3) is 0.263. The molecule has 0 saturated heterocycles. The van der Waals surface area contributed by atoms with Gasteiger partial charge in [0.25, 0.3) is 0 Å². The first-order valence-corrected chi connectivity index (χ1v) is 7.12. The highest BCUT2D eigenvalue weighted by molar-refractivity contribution is 5.77. The van der Waals surface area contributed by atoms with Crippen LogP contribution in [0, 0.1) is 5.41 Å². The fourth-order valence-corrected chi connectivity index (χ4v) is 1.93. The van der Waals surface area contributed by atoms with E-state index in [1.165, 1.54) is 0 Å². The third-order valence-electron chi connectivity index (χ3n) is 2.94. The molecule has 0 unspecified atom stereocenters. The second-order valence-corrected chi connectivity index (χ2v) is 4.67. The lowest BCUT2D eigenvalue weighted by molar-refractivity contribution is -0.154. The van der Waals surface area contributed by atoms with E-state index in [9.17, 15) is 4.79 Å². The predicted molar refractivity (Wildman–Crippen MR) is 97.3 cm³/mol. The normalized spacial score (nSPS) is 9.22. The number of pyridine rings is 1. The van der Waals surface area contributed by atoms with Gasteiger partial charge in [-0.2, -0.15) is 0 Å². The van der Waals surface area contributed by atoms with E-state index in [1.807, 2.05) is 18.2 Å². The molecule has 0 aliphatic rings. The van der Waals surface area contributed by atoms with Crippen LogP contribution < -0.4 is 6.15 Å². The molecule has 1 rings (SSSR count). The Hall–Kier alpha value is -2.46. The minimum absolute atomic E-state index is 0. The maximum Gasteiger partial charge on any atom is 0.313 e. The van der Waals surface area contributed by atoms with Gasteiger partial charge in [0.15, 0.2) is 0 Å². The molecule has 0 saturated carbocycles. The molecule has 126 valence electrons. The Balaban J connectivity index is 0. The highest BCUT2D eigenvalue weighted by atomic mass is 16.5. The summed E-state index contributed by atoms with van der Waals surface area (Å²) in [6.07, 6.45) is 11.9. The monoisotopic (exact) mass is 316 g/mol. The molecule has 23 heavy (non-hydrogen) atoms. The van der Waals surface area contributed by atoms with Crippen LogP contribution >= 0.6 is 0 Å². The molecule has 0 aliphatic carbocycles. The number of aromatic nitrogens is 1. The van der Waals surface area contributed by atoms with Crippen LogP contribution in [0.25, 0.3) is 0 Å². The van der Waals surface area contributed by atoms with Crippen LogP contribution in [-0.4, -0.2) is 17.6 Å². The fourth-order valence-electron chi connectivity index (χ4n) is 1.93. The van der Waals surface area contributed by atoms with Crippen molar-refractivity contribution in [2.75, 3.05) is 6.61 Å². The van der Waals surface area contributed by atoms with Gasteiger partial charge in [-0.05, 0) is 31.4 Å². The molecular weight excluding hydrogens is 288 g/mol. The van der Waals surface area contributed by atoms with E-state index < -0.39 is 5.41 Å². The minimum Gasteiger partial charge on any atom is -0.461 e. The molecule has 1 aromatic heterocycles. The molecule has 4 heteroatoms. The van der Waals surface area contributed by atoms with E-state index in [-0.39, 0.29) is 18.7 Å². The number of rotatable bonds is 9. The molecule has 1 aromatic rings. The zero-order valence-corrected chi connectivity index (χ0v) is 13.8. The van der Waals surface area contributed by atoms with Gasteiger partial charge >= 0.3 is 5.97 Å². The van der Waals surface area contributed by atoms with Crippen molar-refractivity contribution in [2.24, 2.45) is 5.41 Å². The first kappa shape index (κ1) is 22.8. The van der Waals surface area contributed by atoms with Gasteiger partial charge in [0, 0.05) is 12.4 Å². The molecule has 3 N–H and O–H groups in total. The van der Waals surface area contributed by atoms with Gasteiger partial charge in [-0.1, -0.05) is 36.9 Å². The quantitative estimate of drug-likeness (QED) is 0.530. The molecule has 0 bridgehead atoms. The van der Waals surface area contributed by atoms with Crippen LogP contribution in [0.5, 0.6) is 0 Å². The molecule has 1 heterocycles. The lowest BCUT2D eigenvalue weighted by Gasteiger charge is -2.28. The van der Waals surface area contributed by atoms with Crippen LogP contribution in [0.1, 0.15) is 19.3 Å². The van der Waals surface area contributed by atoms with Crippen LogP contribution in [0.3, 0.4) is 0 Å². The number of nitrogens with zero attached hydrogens (tertiary/aromatic N) is 1. The zero-order valence-electron chi connectivity index (χ0n) is 13.8. The van der Waals surface area contributed by atoms with Crippen molar-refractivity contribution in [3.8, 4) is 0 Å². The Kier molecular flexibility index (Phi) is 14.4. The van der Waals surface area contributed by atoms with Crippen LogP contribution in [0.4, 0.5) is 0 Å². The number of allylic oxidation sites excluding steroid dienone is 3. The smallest absolute Gasteiger partial charge is 0.313 e. The van der Waals surface area contributed by atoms with E-state index >= 15 is 0 Å². The van der Waals surface area contributed by atoms with Crippen LogP contribution in [0.2, 0.25) is 0 Å². The van der Waals surface area contributed by atoms with Crippen molar-refractivity contribution in [2.45, 2.75) is 19.3 Å². The number of carbonyl (C=O) groups is 1. The van der Waals surface area contributed by atoms with E-state index in [4.69, 9.17) is 4.74 Å². The van der Waals surface area contributed by atoms with Crippen molar-refractivity contribution in [3.05, 3.63) is 81.2 Å². The third kappa shape index (κ3) is 9.22. The Labute approximate surface area is 139 Å². The molecule has 0 atom stereocenters. The topological polar surface area (TPSA) is 74.2 Å². The summed E-state index contributed by atoms with van der Waals surface area (Å²) in [5.74, 6) is -0.243. The molecule has 0 spiro atoms. The van der Waals surface area contributed by atoms with Crippen molar-refractivity contribution < 1.29 is 9.53 Å². The third-order valence-corrected chi connectivity index (χ3v) is 2.94. The van der Waals surface area contributed by atoms with Crippen molar-refractivity contribution in [3.63, 3.8) is 0 Å². The molecule has 0 aromatic carbocycles. The van der Waals surface area contributed by atoms with Crippen molar-refractivity contribution in [1.29, 1.82) is 0 Å². The van der Waals surface area contributed by atoms with E-state index in [0.29, 0.717) is 19.3 Å². The molecule has 0 fully saturated rings. The summed E-state index contributed by atoms with van der Waals surface area (Å²) in [5.41, 5.74) is -0.603. The standard InChI is InChI=1S/C14H20O2.C5H5N.H3N/c1-5-9-14(10-6-2,11-7-3)13(15)16-12-8-4;1-2-4-6-5-3-1;/h5-8H,1-4,9-12H2;1-5H;1H3. The van der Waals surface area contributed by atoms with Gasteiger partial charge in [0.2, 0.25) is 0 Å². The maximum atomic E-state index is 12.0. The van der Waals surface area contributed by atoms with Gasteiger partial charge in [-0.15, -0.1) is 19.7 Å². The van der Waals surface area contributed by atoms with Gasteiger partial charge in [0.05, 0.1) is 5.41 Å². The summed E-state index contributed by atoms with van der Waals surface area (Å²) in [7, 11) is 0. The van der Waals surface area contributed by atoms with Gasteiger partial charge < -0.3 is 10.9 Å². The summed E-state index contributed by atoms with van der Waals surface area (Å²) in [6, 6.07) is 5.72. The van der Waals surface area contributed by atoms with Crippen molar-refractivity contribution >= 4 is 5.97 Å². The van der Waals surface area contributed by atoms with E-state index in [2.05, 4.69) is 31.3 Å². The van der Waals surface area contributed by atoms with Crippen LogP contribution in [-0.2, 0) is 9.53 Å². The Morgan fingerprint density at radius 3 is 1.65 bits per heavy atom. The first-order valence-electron chi connectivity index (χ1n) is 7.12. The van der Waals surface area contributed by atoms with Gasteiger partial charge in [-0.25, -0.2) is 0 Å². The highest BCUT2D eigenvalue weighted by Gasteiger charge is 2.36. The number of hydrogen-bond donors (Lipinski definition) is 1. The van der Waals surface area contributed by atoms with E-state index in [1.54, 1.807) is 36.7 Å². The first-order chi connectivity index (χ1) is 10.7. The van der Waals surface area contributed by atoms with Crippen LogP contribution in [0.15, 0.2) is 81.2 Å². The Bertz CT molecular complexity index is 416. The van der Waals surface area contributed by atoms with Gasteiger partial charge in [0.1, 0.15) is 6.61 Å². The lowest BCUT2D eigenvalue weighted by atomic mass is 9.78. The van der Waals surface area contributed by atoms with E-state index in [0.717, 1.165) is 0 Å². The molecular formula is C19H28N2O2. The lowest BCUT2D eigenvalue weighted by Crippen LogP contribution is -2.32. The summed E-state index contributed by atoms with van der Waals surface area (Å²) in [4.78, 5) is 15.8. The predicted octanol–water partition coefficient (Wildman–Crippen LogP) is 4.67. The summed E-state index contributed by atoms with van der Waals surface area (Å²) in [5, 5.41) is 0. The van der Waals surface area contributed by atoms with Crippen molar-refractivity contribution in [1.82, 2.24) is 11.1 Å². The summed E-state index contributed by atoms with van der Waals surface area (Å²) < 4.78 is 5.11. The number of ether oxygens (including phenoxy) is 1. The van der Waals surface area contributed by atoms with Gasteiger partial charge in [-0.3, -0.25) is 9.78 Å². The molecule has 0 amide bonds.